The predicted molar refractivity (Wildman–Crippen MR) is 135 cm³/mol. The number of H-pyrrole nitrogens is 1. The fourth-order valence-corrected chi connectivity index (χ4v) is 5.00. The van der Waals surface area contributed by atoms with E-state index >= 15 is 0 Å². The lowest BCUT2D eigenvalue weighted by atomic mass is 10.0. The Morgan fingerprint density at radius 3 is 2.68 bits per heavy atom. The van der Waals surface area contributed by atoms with Crippen molar-refractivity contribution in [1.82, 2.24) is 25.2 Å². The molecule has 4 aromatic rings. The molecule has 0 spiro atoms. The molecule has 192 valence electrons. The van der Waals surface area contributed by atoms with Gasteiger partial charge < -0.3 is 18.9 Å². The second kappa shape index (κ2) is 9.95. The summed E-state index contributed by atoms with van der Waals surface area (Å²) in [6.07, 6.45) is 2.52. The van der Waals surface area contributed by atoms with Gasteiger partial charge in [0.2, 0.25) is 0 Å². The van der Waals surface area contributed by atoms with Crippen LogP contribution in [0.1, 0.15) is 23.2 Å². The van der Waals surface area contributed by atoms with Crippen LogP contribution in [0.25, 0.3) is 33.6 Å². The van der Waals surface area contributed by atoms with Crippen molar-refractivity contribution in [3.63, 3.8) is 0 Å². The number of likely N-dealkylation sites (tertiary alicyclic amines) is 2. The fraction of sp³-hybridized carbons (Fsp3) is 0.370. The largest absolute Gasteiger partial charge is 0.488 e. The summed E-state index contributed by atoms with van der Waals surface area (Å²) in [4.78, 5) is 17.3. The summed E-state index contributed by atoms with van der Waals surface area (Å²) in [5.41, 5.74) is 3.13. The topological polar surface area (TPSA) is 96.7 Å². The molecule has 0 unspecified atom stereocenters. The van der Waals surface area contributed by atoms with Crippen LogP contribution in [0.15, 0.2) is 47.0 Å². The summed E-state index contributed by atoms with van der Waals surface area (Å²) in [5.74, 6) is 0.0819. The number of carbonyl (C=O) groups excluding carboxylic acids is 1. The highest BCUT2D eigenvalue weighted by Crippen LogP contribution is 2.33. The Morgan fingerprint density at radius 1 is 1.14 bits per heavy atom. The standard InChI is InChI=1S/C27H28FN5O4/c1-35-10-11-36-24-14-23-20(12-21(24)28)26(30-29-23)25-13-22(31-37-25)17-4-6-18(7-5-17)27(34)33-15-19(16-33)32-8-2-3-9-32/h4-7,12-14,19H,2-3,8-11,15-16H2,1H3,(H,29,30). The summed E-state index contributed by atoms with van der Waals surface area (Å²) in [6.45, 7) is 4.49. The van der Waals surface area contributed by atoms with Gasteiger partial charge >= 0.3 is 0 Å². The molecular formula is C27H28FN5O4. The number of ether oxygens (including phenoxy) is 2. The quantitative estimate of drug-likeness (QED) is 0.362. The summed E-state index contributed by atoms with van der Waals surface area (Å²) >= 11 is 0. The number of benzene rings is 2. The minimum absolute atomic E-state index is 0.0541. The molecule has 10 heteroatoms. The number of aromatic amines is 1. The first-order chi connectivity index (χ1) is 18.1. The van der Waals surface area contributed by atoms with Crippen molar-refractivity contribution in [2.75, 3.05) is 46.5 Å². The average molecular weight is 506 g/mol. The zero-order valence-corrected chi connectivity index (χ0v) is 20.6. The van der Waals surface area contributed by atoms with Crippen molar-refractivity contribution in [3.05, 3.63) is 53.8 Å². The van der Waals surface area contributed by atoms with Gasteiger partial charge in [0.05, 0.1) is 12.1 Å². The third-order valence-electron chi connectivity index (χ3n) is 7.14. The smallest absolute Gasteiger partial charge is 0.253 e. The Balaban J connectivity index is 1.14. The maximum atomic E-state index is 14.6. The lowest BCUT2D eigenvalue weighted by molar-refractivity contribution is 0.0334. The Morgan fingerprint density at radius 2 is 1.92 bits per heavy atom. The second-order valence-electron chi connectivity index (χ2n) is 9.50. The molecule has 4 heterocycles. The van der Waals surface area contributed by atoms with Crippen molar-refractivity contribution < 1.29 is 23.2 Å². The molecule has 2 aromatic heterocycles. The molecule has 0 atom stereocenters. The SMILES string of the molecule is COCCOc1cc2[nH]nc(-c3cc(-c4ccc(C(=O)N5CC(N6CCCC6)C5)cc4)no3)c2cc1F. The van der Waals surface area contributed by atoms with Gasteiger partial charge in [-0.2, -0.15) is 5.10 Å². The lowest BCUT2D eigenvalue weighted by Gasteiger charge is -2.44. The third kappa shape index (κ3) is 4.58. The fourth-order valence-electron chi connectivity index (χ4n) is 5.00. The van der Waals surface area contributed by atoms with Gasteiger partial charge in [0, 0.05) is 54.9 Å². The van der Waals surface area contributed by atoms with E-state index in [-0.39, 0.29) is 18.3 Å². The van der Waals surface area contributed by atoms with Gasteiger partial charge in [-0.1, -0.05) is 17.3 Å². The molecule has 9 nitrogen and oxygen atoms in total. The van der Waals surface area contributed by atoms with Crippen molar-refractivity contribution >= 4 is 16.8 Å². The number of nitrogens with zero attached hydrogens (tertiary/aromatic N) is 4. The van der Waals surface area contributed by atoms with E-state index in [0.29, 0.717) is 46.3 Å². The predicted octanol–water partition coefficient (Wildman–Crippen LogP) is 3.97. The highest BCUT2D eigenvalue weighted by molar-refractivity contribution is 5.95. The molecule has 1 amide bonds. The number of hydrogen-bond acceptors (Lipinski definition) is 7. The van der Waals surface area contributed by atoms with Crippen molar-refractivity contribution in [3.8, 4) is 28.5 Å². The van der Waals surface area contributed by atoms with E-state index in [1.807, 2.05) is 29.2 Å². The maximum absolute atomic E-state index is 14.6. The molecule has 2 aromatic carbocycles. The van der Waals surface area contributed by atoms with Gasteiger partial charge in [-0.3, -0.25) is 14.8 Å². The second-order valence-corrected chi connectivity index (χ2v) is 9.50. The van der Waals surface area contributed by atoms with Crippen LogP contribution in [-0.2, 0) is 4.74 Å². The van der Waals surface area contributed by atoms with Gasteiger partial charge in [0.25, 0.3) is 5.91 Å². The summed E-state index contributed by atoms with van der Waals surface area (Å²) in [6, 6.07) is 12.5. The molecule has 2 aliphatic heterocycles. The first-order valence-corrected chi connectivity index (χ1v) is 12.5. The molecule has 37 heavy (non-hydrogen) atoms. The lowest BCUT2D eigenvalue weighted by Crippen LogP contribution is -2.60. The molecule has 2 aliphatic rings. The van der Waals surface area contributed by atoms with Crippen LogP contribution >= 0.6 is 0 Å². The van der Waals surface area contributed by atoms with Gasteiger partial charge in [-0.25, -0.2) is 4.39 Å². The van der Waals surface area contributed by atoms with Crippen LogP contribution in [0.2, 0.25) is 0 Å². The van der Waals surface area contributed by atoms with Crippen molar-refractivity contribution in [2.45, 2.75) is 18.9 Å². The van der Waals surface area contributed by atoms with Crippen LogP contribution in [0.3, 0.4) is 0 Å². The van der Waals surface area contributed by atoms with Crippen molar-refractivity contribution in [2.24, 2.45) is 0 Å². The van der Waals surface area contributed by atoms with Gasteiger partial charge in [-0.05, 0) is 44.1 Å². The molecular weight excluding hydrogens is 477 g/mol. The zero-order valence-electron chi connectivity index (χ0n) is 20.6. The highest BCUT2D eigenvalue weighted by atomic mass is 19.1. The summed E-state index contributed by atoms with van der Waals surface area (Å²) in [7, 11) is 1.56. The van der Waals surface area contributed by atoms with E-state index in [1.165, 1.54) is 18.9 Å². The Labute approximate surface area is 213 Å². The van der Waals surface area contributed by atoms with Crippen molar-refractivity contribution in [1.29, 1.82) is 0 Å². The number of carbonyl (C=O) groups is 1. The molecule has 0 radical (unpaired) electrons. The number of hydrogen-bond donors (Lipinski definition) is 1. The summed E-state index contributed by atoms with van der Waals surface area (Å²) < 4.78 is 30.5. The van der Waals surface area contributed by atoms with Crippen LogP contribution in [-0.4, -0.2) is 83.6 Å². The van der Waals surface area contributed by atoms with Gasteiger partial charge in [0.1, 0.15) is 18.0 Å². The van der Waals surface area contributed by atoms with E-state index < -0.39 is 5.82 Å². The summed E-state index contributed by atoms with van der Waals surface area (Å²) in [5, 5.41) is 11.9. The normalized spacial score (nSPS) is 16.4. The molecule has 0 bridgehead atoms. The van der Waals surface area contributed by atoms with Crippen LogP contribution in [0, 0.1) is 5.82 Å². The molecule has 2 fully saturated rings. The highest BCUT2D eigenvalue weighted by Gasteiger charge is 2.36. The van der Waals surface area contributed by atoms with Crippen LogP contribution in [0.5, 0.6) is 5.75 Å². The van der Waals surface area contributed by atoms with E-state index in [1.54, 1.807) is 19.2 Å². The Hall–Kier alpha value is -3.76. The molecule has 0 aliphatic carbocycles. The first kappa shape index (κ1) is 23.6. The number of fused-ring (bicyclic) bond motifs is 1. The zero-order chi connectivity index (χ0) is 25.4. The maximum Gasteiger partial charge on any atom is 0.253 e. The van der Waals surface area contributed by atoms with E-state index in [9.17, 15) is 9.18 Å². The molecule has 0 saturated carbocycles. The molecule has 2 saturated heterocycles. The van der Waals surface area contributed by atoms with E-state index in [4.69, 9.17) is 14.0 Å². The van der Waals surface area contributed by atoms with Gasteiger partial charge in [0.15, 0.2) is 17.3 Å². The minimum Gasteiger partial charge on any atom is -0.488 e. The average Bonchev–Trinajstić information content (AvgIpc) is 3.65. The Bertz CT molecular complexity index is 1400. The van der Waals surface area contributed by atoms with E-state index in [0.717, 1.165) is 31.7 Å². The number of nitrogens with one attached hydrogen (secondary N) is 1. The minimum atomic E-state index is -0.500. The number of rotatable bonds is 8. The Kier molecular flexibility index (Phi) is 6.35. The first-order valence-electron chi connectivity index (χ1n) is 12.5. The van der Waals surface area contributed by atoms with Crippen LogP contribution in [0.4, 0.5) is 4.39 Å². The number of methoxy groups -OCH3 is 1. The van der Waals surface area contributed by atoms with E-state index in [2.05, 4.69) is 20.3 Å². The molecule has 6 rings (SSSR count). The number of amides is 1. The number of aromatic nitrogens is 3. The molecule has 1 N–H and O–H groups in total. The third-order valence-corrected chi connectivity index (χ3v) is 7.14. The van der Waals surface area contributed by atoms with Gasteiger partial charge in [-0.15, -0.1) is 0 Å². The van der Waals surface area contributed by atoms with Crippen LogP contribution < -0.4 is 4.74 Å². The number of halogens is 1. The monoisotopic (exact) mass is 505 g/mol.